The minimum atomic E-state index is -0.0128. The van der Waals surface area contributed by atoms with E-state index in [1.807, 2.05) is 0 Å². The van der Waals surface area contributed by atoms with Crippen LogP contribution in [-0.2, 0) is 0 Å². The third kappa shape index (κ3) is 3.14. The summed E-state index contributed by atoms with van der Waals surface area (Å²) in [7, 11) is 0. The summed E-state index contributed by atoms with van der Waals surface area (Å²) in [6.45, 7) is 6.62. The van der Waals surface area contributed by atoms with Crippen molar-refractivity contribution in [1.82, 2.24) is 0 Å². The highest BCUT2D eigenvalue weighted by atomic mass is 32.1. The fourth-order valence-electron chi connectivity index (χ4n) is 3.10. The van der Waals surface area contributed by atoms with Crippen LogP contribution in [0.25, 0.3) is 0 Å². The number of hydrogen-bond donors (Lipinski definition) is 1. The topological polar surface area (TPSA) is 29.3 Å². The van der Waals surface area contributed by atoms with Crippen LogP contribution in [0, 0.1) is 13.8 Å². The van der Waals surface area contributed by atoms with Crippen LogP contribution in [0.1, 0.15) is 46.2 Å². The molecule has 2 heterocycles. The molecule has 1 atom stereocenters. The van der Waals surface area contributed by atoms with Crippen molar-refractivity contribution >= 4 is 17.0 Å². The fraction of sp³-hybridized carbons (Fsp3) is 0.444. The summed E-state index contributed by atoms with van der Waals surface area (Å²) in [4.78, 5) is 5.10. The van der Waals surface area contributed by atoms with Gasteiger partial charge in [-0.05, 0) is 62.4 Å². The third-order valence-corrected chi connectivity index (χ3v) is 5.37. The second-order valence-corrected chi connectivity index (χ2v) is 7.36. The van der Waals surface area contributed by atoms with Gasteiger partial charge in [0.2, 0.25) is 0 Å². The summed E-state index contributed by atoms with van der Waals surface area (Å²) in [5.41, 5.74) is 10.5. The van der Waals surface area contributed by atoms with Crippen LogP contribution >= 0.6 is 11.3 Å². The maximum Gasteiger partial charge on any atom is 0.0666 e. The van der Waals surface area contributed by atoms with Gasteiger partial charge in [-0.15, -0.1) is 11.3 Å². The molecule has 2 nitrogen and oxygen atoms in total. The van der Waals surface area contributed by atoms with Crippen molar-refractivity contribution in [1.29, 1.82) is 0 Å². The Bertz CT molecular complexity index is 611. The van der Waals surface area contributed by atoms with E-state index in [4.69, 9.17) is 5.73 Å². The largest absolute Gasteiger partial charge is 0.371 e. The van der Waals surface area contributed by atoms with Gasteiger partial charge in [-0.3, -0.25) is 0 Å². The molecule has 3 heteroatoms. The Labute approximate surface area is 131 Å². The van der Waals surface area contributed by atoms with E-state index in [0.29, 0.717) is 0 Å². The molecule has 1 aliphatic heterocycles. The van der Waals surface area contributed by atoms with Gasteiger partial charge >= 0.3 is 0 Å². The van der Waals surface area contributed by atoms with Crippen molar-refractivity contribution in [3.63, 3.8) is 0 Å². The molecule has 1 saturated heterocycles. The minimum absolute atomic E-state index is 0.0128. The molecule has 2 N–H and O–H groups in total. The van der Waals surface area contributed by atoms with Crippen molar-refractivity contribution in [2.75, 3.05) is 18.0 Å². The van der Waals surface area contributed by atoms with Crippen LogP contribution in [0.15, 0.2) is 30.3 Å². The standard InChI is InChI=1S/C18H24N2S/c1-13-6-8-15(18(19)17-9-7-14(2)21-17)16(12-13)20-10-4-3-5-11-20/h6-9,12,18H,3-5,10-11,19H2,1-2H3. The molecule has 0 spiro atoms. The normalized spacial score (nSPS) is 17.0. The predicted octanol–water partition coefficient (Wildman–Crippen LogP) is 4.40. The van der Waals surface area contributed by atoms with Gasteiger partial charge in [0.1, 0.15) is 0 Å². The first-order valence-corrected chi connectivity index (χ1v) is 8.64. The van der Waals surface area contributed by atoms with Crippen LogP contribution in [0.5, 0.6) is 0 Å². The van der Waals surface area contributed by atoms with Crippen molar-refractivity contribution in [2.24, 2.45) is 5.73 Å². The molecule has 0 radical (unpaired) electrons. The lowest BCUT2D eigenvalue weighted by molar-refractivity contribution is 0.575. The number of aryl methyl sites for hydroxylation is 2. The summed E-state index contributed by atoms with van der Waals surface area (Å²) >= 11 is 1.81. The first kappa shape index (κ1) is 14.6. The molecule has 0 amide bonds. The van der Waals surface area contributed by atoms with E-state index >= 15 is 0 Å². The van der Waals surface area contributed by atoms with Gasteiger partial charge in [-0.1, -0.05) is 12.1 Å². The Morgan fingerprint density at radius 3 is 2.48 bits per heavy atom. The molecule has 0 bridgehead atoms. The van der Waals surface area contributed by atoms with Crippen LogP contribution < -0.4 is 10.6 Å². The number of hydrogen-bond acceptors (Lipinski definition) is 3. The average molecular weight is 300 g/mol. The summed E-state index contributed by atoms with van der Waals surface area (Å²) in [5.74, 6) is 0. The minimum Gasteiger partial charge on any atom is -0.371 e. The fourth-order valence-corrected chi connectivity index (χ4v) is 4.00. The molecule has 21 heavy (non-hydrogen) atoms. The molecule has 112 valence electrons. The molecule has 0 saturated carbocycles. The molecule has 3 rings (SSSR count). The van der Waals surface area contributed by atoms with Crippen LogP contribution in [0.2, 0.25) is 0 Å². The second kappa shape index (κ2) is 6.20. The van der Waals surface area contributed by atoms with Crippen LogP contribution in [0.4, 0.5) is 5.69 Å². The molecule has 1 aromatic carbocycles. The lowest BCUT2D eigenvalue weighted by atomic mass is 9.99. The summed E-state index contributed by atoms with van der Waals surface area (Å²) in [5, 5.41) is 0. The zero-order chi connectivity index (χ0) is 14.8. The highest BCUT2D eigenvalue weighted by Gasteiger charge is 2.20. The molecule has 1 fully saturated rings. The Morgan fingerprint density at radius 2 is 1.81 bits per heavy atom. The number of rotatable bonds is 3. The van der Waals surface area contributed by atoms with Gasteiger partial charge in [0.05, 0.1) is 6.04 Å². The highest BCUT2D eigenvalue weighted by Crippen LogP contribution is 2.34. The van der Waals surface area contributed by atoms with Gasteiger partial charge in [0.25, 0.3) is 0 Å². The quantitative estimate of drug-likeness (QED) is 0.910. The number of benzene rings is 1. The smallest absolute Gasteiger partial charge is 0.0666 e. The zero-order valence-electron chi connectivity index (χ0n) is 12.9. The van der Waals surface area contributed by atoms with E-state index in [2.05, 4.69) is 49.1 Å². The van der Waals surface area contributed by atoms with Crippen molar-refractivity contribution in [3.05, 3.63) is 51.2 Å². The number of nitrogens with two attached hydrogens (primary N) is 1. The lowest BCUT2D eigenvalue weighted by Gasteiger charge is -2.32. The number of piperidine rings is 1. The summed E-state index contributed by atoms with van der Waals surface area (Å²) in [6.07, 6.45) is 3.94. The van der Waals surface area contributed by atoms with Gasteiger partial charge in [-0.25, -0.2) is 0 Å². The molecular formula is C18H24N2S. The summed E-state index contributed by atoms with van der Waals surface area (Å²) in [6, 6.07) is 11.0. The first-order chi connectivity index (χ1) is 10.1. The maximum atomic E-state index is 6.57. The molecule has 2 aromatic rings. The monoisotopic (exact) mass is 300 g/mol. The number of anilines is 1. The van der Waals surface area contributed by atoms with E-state index < -0.39 is 0 Å². The molecule has 1 unspecified atom stereocenters. The van der Waals surface area contributed by atoms with Crippen molar-refractivity contribution in [3.8, 4) is 0 Å². The molecule has 0 aliphatic carbocycles. The number of nitrogens with zero attached hydrogens (tertiary/aromatic N) is 1. The Hall–Kier alpha value is -1.32. The van der Waals surface area contributed by atoms with Gasteiger partial charge in [0.15, 0.2) is 0 Å². The third-order valence-electron chi connectivity index (χ3n) is 4.29. The van der Waals surface area contributed by atoms with E-state index in [0.717, 1.165) is 13.1 Å². The molecule has 1 aromatic heterocycles. The second-order valence-electron chi connectivity index (χ2n) is 6.04. The maximum absolute atomic E-state index is 6.57. The SMILES string of the molecule is Cc1ccc(C(N)c2ccc(C)s2)c(N2CCCCC2)c1. The lowest BCUT2D eigenvalue weighted by Crippen LogP contribution is -2.31. The van der Waals surface area contributed by atoms with Crippen molar-refractivity contribution in [2.45, 2.75) is 39.2 Å². The van der Waals surface area contributed by atoms with Crippen molar-refractivity contribution < 1.29 is 0 Å². The Kier molecular flexibility index (Phi) is 4.32. The Balaban J connectivity index is 1.97. The average Bonchev–Trinajstić information content (AvgIpc) is 2.94. The van der Waals surface area contributed by atoms with E-state index in [9.17, 15) is 0 Å². The van der Waals surface area contributed by atoms with E-state index in [1.54, 1.807) is 11.3 Å². The van der Waals surface area contributed by atoms with Crippen LogP contribution in [0.3, 0.4) is 0 Å². The van der Waals surface area contributed by atoms with Gasteiger partial charge in [0, 0.05) is 28.5 Å². The first-order valence-electron chi connectivity index (χ1n) is 7.82. The van der Waals surface area contributed by atoms with Gasteiger partial charge in [-0.2, -0.15) is 0 Å². The molecular weight excluding hydrogens is 276 g/mol. The van der Waals surface area contributed by atoms with E-state index in [1.165, 1.54) is 45.8 Å². The Morgan fingerprint density at radius 1 is 1.05 bits per heavy atom. The number of thiophene rings is 1. The zero-order valence-corrected chi connectivity index (χ0v) is 13.7. The van der Waals surface area contributed by atoms with Gasteiger partial charge < -0.3 is 10.6 Å². The van der Waals surface area contributed by atoms with Crippen LogP contribution in [-0.4, -0.2) is 13.1 Å². The highest BCUT2D eigenvalue weighted by molar-refractivity contribution is 7.12. The van der Waals surface area contributed by atoms with E-state index in [-0.39, 0.29) is 6.04 Å². The molecule has 1 aliphatic rings. The summed E-state index contributed by atoms with van der Waals surface area (Å²) < 4.78 is 0. The predicted molar refractivity (Wildman–Crippen MR) is 92.3 cm³/mol.